The molecule has 28 heavy (non-hydrogen) atoms. The van der Waals surface area contributed by atoms with E-state index in [9.17, 15) is 9.59 Å². The first-order valence-electron chi connectivity index (χ1n) is 8.05. The van der Waals surface area contributed by atoms with E-state index >= 15 is 0 Å². The molecule has 0 radical (unpaired) electrons. The number of rotatable bonds is 4. The molecule has 0 spiro atoms. The van der Waals surface area contributed by atoms with Crippen LogP contribution in [0.5, 0.6) is 0 Å². The van der Waals surface area contributed by atoms with Crippen LogP contribution in [0.3, 0.4) is 0 Å². The molecular weight excluding hydrogens is 400 g/mol. The van der Waals surface area contributed by atoms with Crippen LogP contribution in [-0.2, 0) is 4.79 Å². The molecule has 2 heterocycles. The van der Waals surface area contributed by atoms with Crippen molar-refractivity contribution in [2.24, 2.45) is 0 Å². The molecule has 0 unspecified atom stereocenters. The van der Waals surface area contributed by atoms with Crippen molar-refractivity contribution in [1.29, 1.82) is 5.26 Å². The Balaban J connectivity index is 1.60. The normalized spacial score (nSPS) is 10.9. The van der Waals surface area contributed by atoms with Crippen molar-refractivity contribution < 1.29 is 4.79 Å². The molecule has 0 aliphatic rings. The number of amides is 1. The number of aromatic amines is 1. The van der Waals surface area contributed by atoms with Crippen molar-refractivity contribution in [2.75, 3.05) is 11.1 Å². The summed E-state index contributed by atoms with van der Waals surface area (Å²) in [7, 11) is 0. The van der Waals surface area contributed by atoms with Crippen molar-refractivity contribution in [1.82, 2.24) is 19.6 Å². The maximum Gasteiger partial charge on any atom is 0.294 e. The summed E-state index contributed by atoms with van der Waals surface area (Å²) in [6.45, 7) is 0. The number of nitrogens with zero attached hydrogens (tertiary/aromatic N) is 4. The number of H-pyrrole nitrogens is 1. The van der Waals surface area contributed by atoms with Gasteiger partial charge >= 0.3 is 0 Å². The van der Waals surface area contributed by atoms with Gasteiger partial charge in [0.25, 0.3) is 5.56 Å². The van der Waals surface area contributed by atoms with Crippen molar-refractivity contribution in [3.8, 4) is 6.07 Å². The molecule has 4 aromatic rings. The van der Waals surface area contributed by atoms with Crippen LogP contribution in [0.2, 0.25) is 5.02 Å². The molecule has 138 valence electrons. The van der Waals surface area contributed by atoms with Crippen LogP contribution in [0.4, 0.5) is 5.69 Å². The Bertz CT molecular complexity index is 1320. The zero-order valence-electron chi connectivity index (χ0n) is 14.1. The standard InChI is InChI=1S/C18H11ClN6O2S/c19-11-6-5-10(8-20)13(7-11)21-15(26)9-28-18-24-23-16-17(27)22-12-3-1-2-4-14(12)25(16)18/h1-7H,9H2,(H,21,26)(H,22,27). The zero-order chi connectivity index (χ0) is 19.7. The molecule has 0 atom stereocenters. The van der Waals surface area contributed by atoms with E-state index in [2.05, 4.69) is 20.5 Å². The molecule has 0 bridgehead atoms. The molecule has 4 rings (SSSR count). The minimum absolute atomic E-state index is 0.0132. The van der Waals surface area contributed by atoms with Gasteiger partial charge in [0.05, 0.1) is 28.0 Å². The van der Waals surface area contributed by atoms with Gasteiger partial charge in [0.15, 0.2) is 5.16 Å². The largest absolute Gasteiger partial charge is 0.324 e. The third-order valence-corrected chi connectivity index (χ3v) is 5.10. The number of thioether (sulfide) groups is 1. The number of hydrogen-bond donors (Lipinski definition) is 2. The topological polar surface area (TPSA) is 116 Å². The lowest BCUT2D eigenvalue weighted by molar-refractivity contribution is -0.113. The molecule has 8 nitrogen and oxygen atoms in total. The Morgan fingerprint density at radius 2 is 2.11 bits per heavy atom. The minimum atomic E-state index is -0.361. The Kier molecular flexibility index (Phi) is 4.73. The summed E-state index contributed by atoms with van der Waals surface area (Å²) < 4.78 is 1.62. The minimum Gasteiger partial charge on any atom is -0.324 e. The second-order valence-corrected chi connectivity index (χ2v) is 7.13. The number of para-hydroxylation sites is 2. The molecule has 0 saturated carbocycles. The van der Waals surface area contributed by atoms with E-state index in [0.29, 0.717) is 26.9 Å². The summed E-state index contributed by atoms with van der Waals surface area (Å²) in [5.74, 6) is -0.325. The SMILES string of the molecule is N#Cc1ccc(Cl)cc1NC(=O)CSc1nnc2c(=O)[nH]c3ccccc3n12. The van der Waals surface area contributed by atoms with Gasteiger partial charge in [-0.05, 0) is 30.3 Å². The van der Waals surface area contributed by atoms with Crippen molar-refractivity contribution in [3.05, 3.63) is 63.4 Å². The molecular formula is C18H11ClN6O2S. The third kappa shape index (κ3) is 3.31. The van der Waals surface area contributed by atoms with Crippen molar-refractivity contribution in [3.63, 3.8) is 0 Å². The van der Waals surface area contributed by atoms with Crippen LogP contribution < -0.4 is 10.9 Å². The highest BCUT2D eigenvalue weighted by Crippen LogP contribution is 2.23. The summed E-state index contributed by atoms with van der Waals surface area (Å²) in [5.41, 5.74) is 1.82. The fourth-order valence-electron chi connectivity index (χ4n) is 2.71. The van der Waals surface area contributed by atoms with E-state index in [0.717, 1.165) is 17.3 Å². The average molecular weight is 411 g/mol. The second kappa shape index (κ2) is 7.34. The molecule has 0 aliphatic heterocycles. The average Bonchev–Trinajstić information content (AvgIpc) is 3.12. The molecule has 0 aliphatic carbocycles. The number of aromatic nitrogens is 4. The van der Waals surface area contributed by atoms with Gasteiger partial charge in [-0.15, -0.1) is 10.2 Å². The van der Waals surface area contributed by atoms with Crippen molar-refractivity contribution in [2.45, 2.75) is 5.16 Å². The molecule has 2 aromatic carbocycles. The lowest BCUT2D eigenvalue weighted by Gasteiger charge is -2.07. The highest BCUT2D eigenvalue weighted by atomic mass is 35.5. The maximum absolute atomic E-state index is 12.3. The van der Waals surface area contributed by atoms with Gasteiger partial charge in [-0.3, -0.25) is 14.0 Å². The Morgan fingerprint density at radius 3 is 2.93 bits per heavy atom. The number of hydrogen-bond acceptors (Lipinski definition) is 6. The zero-order valence-corrected chi connectivity index (χ0v) is 15.7. The Morgan fingerprint density at radius 1 is 1.29 bits per heavy atom. The van der Waals surface area contributed by atoms with Gasteiger partial charge in [-0.25, -0.2) is 0 Å². The van der Waals surface area contributed by atoms with E-state index in [1.807, 2.05) is 24.3 Å². The van der Waals surface area contributed by atoms with Gasteiger partial charge in [0.2, 0.25) is 11.6 Å². The lowest BCUT2D eigenvalue weighted by Crippen LogP contribution is -2.15. The molecule has 2 N–H and O–H groups in total. The summed E-state index contributed by atoms with van der Waals surface area (Å²) in [4.78, 5) is 27.3. The fraction of sp³-hybridized carbons (Fsp3) is 0.0556. The third-order valence-electron chi connectivity index (χ3n) is 3.94. The summed E-state index contributed by atoms with van der Waals surface area (Å²) in [5, 5.41) is 20.6. The molecule has 0 saturated heterocycles. The smallest absolute Gasteiger partial charge is 0.294 e. The molecule has 10 heteroatoms. The number of carbonyl (C=O) groups excluding carboxylic acids is 1. The number of nitriles is 1. The van der Waals surface area contributed by atoms with Crippen LogP contribution in [-0.4, -0.2) is 31.2 Å². The first-order valence-corrected chi connectivity index (χ1v) is 9.41. The van der Waals surface area contributed by atoms with E-state index in [1.165, 1.54) is 12.1 Å². The summed E-state index contributed by atoms with van der Waals surface area (Å²) in [6.07, 6.45) is 0. The highest BCUT2D eigenvalue weighted by Gasteiger charge is 2.15. The summed E-state index contributed by atoms with van der Waals surface area (Å²) >= 11 is 7.06. The summed E-state index contributed by atoms with van der Waals surface area (Å²) in [6, 6.07) is 13.9. The van der Waals surface area contributed by atoms with Crippen LogP contribution >= 0.6 is 23.4 Å². The number of halogens is 1. The van der Waals surface area contributed by atoms with Crippen LogP contribution in [0.15, 0.2) is 52.4 Å². The fourth-order valence-corrected chi connectivity index (χ4v) is 3.63. The number of carbonyl (C=O) groups is 1. The van der Waals surface area contributed by atoms with E-state index in [-0.39, 0.29) is 22.9 Å². The number of nitrogens with one attached hydrogen (secondary N) is 2. The lowest BCUT2D eigenvalue weighted by atomic mass is 10.2. The Labute approximate surface area is 167 Å². The van der Waals surface area contributed by atoms with Crippen LogP contribution in [0.25, 0.3) is 16.7 Å². The number of fused-ring (bicyclic) bond motifs is 3. The first-order chi connectivity index (χ1) is 13.6. The first kappa shape index (κ1) is 18.0. The second-order valence-electron chi connectivity index (χ2n) is 5.75. The van der Waals surface area contributed by atoms with Crippen LogP contribution in [0.1, 0.15) is 5.56 Å². The van der Waals surface area contributed by atoms with Crippen LogP contribution in [0, 0.1) is 11.3 Å². The van der Waals surface area contributed by atoms with E-state index in [4.69, 9.17) is 16.9 Å². The molecule has 0 fully saturated rings. The number of anilines is 1. The predicted molar refractivity (Wildman–Crippen MR) is 107 cm³/mol. The van der Waals surface area contributed by atoms with Gasteiger partial charge in [0.1, 0.15) is 6.07 Å². The highest BCUT2D eigenvalue weighted by molar-refractivity contribution is 7.99. The van der Waals surface area contributed by atoms with Gasteiger partial charge in [-0.2, -0.15) is 5.26 Å². The van der Waals surface area contributed by atoms with Gasteiger partial charge in [0, 0.05) is 5.02 Å². The molecule has 2 aromatic heterocycles. The van der Waals surface area contributed by atoms with Gasteiger partial charge < -0.3 is 10.3 Å². The van der Waals surface area contributed by atoms with Gasteiger partial charge in [-0.1, -0.05) is 35.5 Å². The number of benzene rings is 2. The maximum atomic E-state index is 12.3. The molecule has 1 amide bonds. The van der Waals surface area contributed by atoms with E-state index < -0.39 is 0 Å². The Hall–Kier alpha value is -3.35. The quantitative estimate of drug-likeness (QED) is 0.500. The van der Waals surface area contributed by atoms with Crippen molar-refractivity contribution >= 4 is 51.6 Å². The monoisotopic (exact) mass is 410 g/mol. The predicted octanol–water partition coefficient (Wildman–Crippen LogP) is 2.83. The van der Waals surface area contributed by atoms with E-state index in [1.54, 1.807) is 16.5 Å².